The van der Waals surface area contributed by atoms with Gasteiger partial charge in [0, 0.05) is 49.3 Å². The summed E-state index contributed by atoms with van der Waals surface area (Å²) in [5, 5.41) is 0.717. The third-order valence-corrected chi connectivity index (χ3v) is 3.90. The van der Waals surface area contributed by atoms with Crippen molar-refractivity contribution in [3.05, 3.63) is 47.5 Å². The van der Waals surface area contributed by atoms with Gasteiger partial charge in [-0.3, -0.25) is 0 Å². The van der Waals surface area contributed by atoms with Crippen LogP contribution in [0, 0.1) is 0 Å². The van der Waals surface area contributed by atoms with Crippen molar-refractivity contribution in [3.8, 4) is 11.1 Å². The summed E-state index contributed by atoms with van der Waals surface area (Å²) in [7, 11) is 3.41. The Bertz CT molecular complexity index is 609. The Morgan fingerprint density at radius 1 is 0.957 bits per heavy atom. The molecule has 0 saturated heterocycles. The summed E-state index contributed by atoms with van der Waals surface area (Å²) in [5.74, 6) is 0. The summed E-state index contributed by atoms with van der Waals surface area (Å²) in [5.41, 5.74) is 10.00. The molecule has 0 amide bonds. The Morgan fingerprint density at radius 2 is 1.57 bits per heavy atom. The van der Waals surface area contributed by atoms with Crippen molar-refractivity contribution in [2.24, 2.45) is 0 Å². The van der Waals surface area contributed by atoms with E-state index in [1.54, 1.807) is 14.2 Å². The van der Waals surface area contributed by atoms with Gasteiger partial charge in [0.15, 0.2) is 0 Å². The average molecular weight is 335 g/mol. The maximum absolute atomic E-state index is 6.00. The third kappa shape index (κ3) is 4.86. The van der Waals surface area contributed by atoms with Gasteiger partial charge in [-0.2, -0.15) is 0 Å². The summed E-state index contributed by atoms with van der Waals surface area (Å²) < 4.78 is 10.5. The fourth-order valence-electron chi connectivity index (χ4n) is 2.45. The second kappa shape index (κ2) is 8.77. The van der Waals surface area contributed by atoms with E-state index in [4.69, 9.17) is 26.8 Å². The molecule has 0 atom stereocenters. The first kappa shape index (κ1) is 17.6. The van der Waals surface area contributed by atoms with E-state index in [9.17, 15) is 0 Å². The maximum Gasteiger partial charge on any atom is 0.0637 e. The number of anilines is 2. The number of hydrogen-bond acceptors (Lipinski definition) is 4. The van der Waals surface area contributed by atoms with Crippen molar-refractivity contribution in [1.82, 2.24) is 0 Å². The largest absolute Gasteiger partial charge is 0.399 e. The van der Waals surface area contributed by atoms with E-state index < -0.39 is 0 Å². The molecule has 0 aliphatic carbocycles. The number of rotatable bonds is 8. The monoisotopic (exact) mass is 334 g/mol. The van der Waals surface area contributed by atoms with Crippen molar-refractivity contribution in [3.63, 3.8) is 0 Å². The Labute approximate surface area is 142 Å². The topological polar surface area (TPSA) is 47.7 Å². The zero-order valence-corrected chi connectivity index (χ0v) is 14.3. The lowest BCUT2D eigenvalue weighted by Gasteiger charge is -2.27. The molecule has 2 rings (SSSR count). The lowest BCUT2D eigenvalue weighted by molar-refractivity contribution is 0.190. The fraction of sp³-hybridized carbons (Fsp3) is 0.333. The SMILES string of the molecule is COCCN(CCOC)c1ccc(N)cc1-c1ccc(Cl)cc1. The van der Waals surface area contributed by atoms with E-state index in [1.165, 1.54) is 0 Å². The zero-order chi connectivity index (χ0) is 16.7. The summed E-state index contributed by atoms with van der Waals surface area (Å²) in [6, 6.07) is 13.7. The van der Waals surface area contributed by atoms with Gasteiger partial charge in [-0.25, -0.2) is 0 Å². The van der Waals surface area contributed by atoms with E-state index in [2.05, 4.69) is 4.90 Å². The highest BCUT2D eigenvalue weighted by molar-refractivity contribution is 6.30. The van der Waals surface area contributed by atoms with Crippen LogP contribution in [-0.4, -0.2) is 40.5 Å². The van der Waals surface area contributed by atoms with Crippen LogP contribution in [0.4, 0.5) is 11.4 Å². The van der Waals surface area contributed by atoms with Crippen LogP contribution in [0.25, 0.3) is 11.1 Å². The minimum atomic E-state index is 0.647. The van der Waals surface area contributed by atoms with Gasteiger partial charge in [0.2, 0.25) is 0 Å². The molecular weight excluding hydrogens is 312 g/mol. The summed E-state index contributed by atoms with van der Waals surface area (Å²) in [6.45, 7) is 2.86. The van der Waals surface area contributed by atoms with Crippen molar-refractivity contribution in [1.29, 1.82) is 0 Å². The highest BCUT2D eigenvalue weighted by Crippen LogP contribution is 2.33. The van der Waals surface area contributed by atoms with Crippen molar-refractivity contribution >= 4 is 23.0 Å². The predicted octanol–water partition coefficient (Wildman–Crippen LogP) is 3.69. The summed E-state index contributed by atoms with van der Waals surface area (Å²) >= 11 is 6.00. The van der Waals surface area contributed by atoms with E-state index in [1.807, 2.05) is 42.5 Å². The Hall–Kier alpha value is -1.75. The Morgan fingerprint density at radius 3 is 2.13 bits per heavy atom. The van der Waals surface area contributed by atoms with E-state index >= 15 is 0 Å². The first-order chi connectivity index (χ1) is 11.2. The van der Waals surface area contributed by atoms with Gasteiger partial charge in [0.1, 0.15) is 0 Å². The van der Waals surface area contributed by atoms with Crippen molar-refractivity contribution in [2.75, 3.05) is 51.2 Å². The molecule has 124 valence electrons. The second-order valence-corrected chi connectivity index (χ2v) is 5.69. The smallest absolute Gasteiger partial charge is 0.0637 e. The van der Waals surface area contributed by atoms with Gasteiger partial charge in [0.05, 0.1) is 13.2 Å². The van der Waals surface area contributed by atoms with E-state index in [0.29, 0.717) is 13.2 Å². The molecule has 0 aliphatic heterocycles. The first-order valence-electron chi connectivity index (χ1n) is 7.54. The third-order valence-electron chi connectivity index (χ3n) is 3.65. The molecule has 0 saturated carbocycles. The van der Waals surface area contributed by atoms with Gasteiger partial charge < -0.3 is 20.1 Å². The molecule has 0 bridgehead atoms. The molecule has 5 heteroatoms. The van der Waals surface area contributed by atoms with E-state index in [-0.39, 0.29) is 0 Å². The van der Waals surface area contributed by atoms with Gasteiger partial charge in [-0.15, -0.1) is 0 Å². The lowest BCUT2D eigenvalue weighted by Crippen LogP contribution is -2.31. The van der Waals surface area contributed by atoms with Crippen LogP contribution in [0.15, 0.2) is 42.5 Å². The molecule has 2 N–H and O–H groups in total. The Kier molecular flexibility index (Phi) is 6.71. The number of nitrogen functional groups attached to an aromatic ring is 1. The average Bonchev–Trinajstić information content (AvgIpc) is 2.56. The van der Waals surface area contributed by atoms with Crippen molar-refractivity contribution in [2.45, 2.75) is 0 Å². The summed E-state index contributed by atoms with van der Waals surface area (Å²) in [6.07, 6.45) is 0. The number of benzene rings is 2. The molecule has 2 aromatic rings. The molecule has 0 unspecified atom stereocenters. The van der Waals surface area contributed by atoms with E-state index in [0.717, 1.165) is 40.6 Å². The van der Waals surface area contributed by atoms with Crippen LogP contribution < -0.4 is 10.6 Å². The lowest BCUT2D eigenvalue weighted by atomic mass is 10.0. The minimum Gasteiger partial charge on any atom is -0.399 e. The molecule has 2 aromatic carbocycles. The highest BCUT2D eigenvalue weighted by atomic mass is 35.5. The molecule has 0 fully saturated rings. The number of methoxy groups -OCH3 is 2. The molecule has 0 aliphatic rings. The van der Waals surface area contributed by atoms with Gasteiger partial charge in [0.25, 0.3) is 0 Å². The predicted molar refractivity (Wildman–Crippen MR) is 97.3 cm³/mol. The highest BCUT2D eigenvalue weighted by Gasteiger charge is 2.13. The van der Waals surface area contributed by atoms with Crippen LogP contribution in [0.2, 0.25) is 5.02 Å². The molecule has 0 radical (unpaired) electrons. The van der Waals surface area contributed by atoms with Crippen LogP contribution in [0.3, 0.4) is 0 Å². The number of hydrogen-bond donors (Lipinski definition) is 1. The number of ether oxygens (including phenoxy) is 2. The zero-order valence-electron chi connectivity index (χ0n) is 13.6. The van der Waals surface area contributed by atoms with Gasteiger partial charge >= 0.3 is 0 Å². The molecule has 0 spiro atoms. The van der Waals surface area contributed by atoms with Crippen LogP contribution >= 0.6 is 11.6 Å². The molecule has 23 heavy (non-hydrogen) atoms. The number of halogens is 1. The molecule has 0 aromatic heterocycles. The minimum absolute atomic E-state index is 0.647. The maximum atomic E-state index is 6.00. The number of nitrogens with two attached hydrogens (primary N) is 1. The fourth-order valence-corrected chi connectivity index (χ4v) is 2.57. The molecule has 4 nitrogen and oxygen atoms in total. The summed E-state index contributed by atoms with van der Waals surface area (Å²) in [4.78, 5) is 2.25. The van der Waals surface area contributed by atoms with Gasteiger partial charge in [-0.1, -0.05) is 23.7 Å². The normalized spacial score (nSPS) is 10.7. The van der Waals surface area contributed by atoms with Crippen LogP contribution in [0.1, 0.15) is 0 Å². The quantitative estimate of drug-likeness (QED) is 0.748. The number of nitrogens with zero attached hydrogens (tertiary/aromatic N) is 1. The Balaban J connectivity index is 2.40. The molecule has 0 heterocycles. The second-order valence-electron chi connectivity index (χ2n) is 5.26. The van der Waals surface area contributed by atoms with Crippen molar-refractivity contribution < 1.29 is 9.47 Å². The van der Waals surface area contributed by atoms with Crippen LogP contribution in [-0.2, 0) is 9.47 Å². The first-order valence-corrected chi connectivity index (χ1v) is 7.91. The molecular formula is C18H23ClN2O2. The van der Waals surface area contributed by atoms with Gasteiger partial charge in [-0.05, 0) is 35.9 Å². The standard InChI is InChI=1S/C18H23ClN2O2/c1-22-11-9-21(10-12-23-2)18-8-7-16(20)13-17(18)14-3-5-15(19)6-4-14/h3-8,13H,9-12,20H2,1-2H3. The van der Waals surface area contributed by atoms with Crippen LogP contribution in [0.5, 0.6) is 0 Å².